The Morgan fingerprint density at radius 3 is 2.27 bits per heavy atom. The van der Waals surface area contributed by atoms with Crippen LogP contribution in [0.15, 0.2) is 54.6 Å². The van der Waals surface area contributed by atoms with Crippen LogP contribution in [0.4, 0.5) is 0 Å². The Morgan fingerprint density at radius 2 is 1.58 bits per heavy atom. The van der Waals surface area contributed by atoms with Crippen LogP contribution in [0.25, 0.3) is 6.08 Å². The molecule has 1 fully saturated rings. The molecule has 6 unspecified atom stereocenters. The molecule has 2 aromatic carbocycles. The first-order chi connectivity index (χ1) is 23.1. The summed E-state index contributed by atoms with van der Waals surface area (Å²) in [6, 6.07) is 12.7. The smallest absolute Gasteiger partial charge is 0.246 e. The van der Waals surface area contributed by atoms with Crippen molar-refractivity contribution in [2.24, 2.45) is 0 Å². The van der Waals surface area contributed by atoms with Crippen molar-refractivity contribution in [1.82, 2.24) is 31.5 Å². The fourth-order valence-electron chi connectivity index (χ4n) is 6.24. The highest BCUT2D eigenvalue weighted by atomic mass is 16.2. The van der Waals surface area contributed by atoms with Crippen molar-refractivity contribution in [2.75, 3.05) is 20.6 Å². The predicted octanol–water partition coefficient (Wildman–Crippen LogP) is 2.20. The van der Waals surface area contributed by atoms with Crippen molar-refractivity contribution in [3.8, 4) is 0 Å². The Morgan fingerprint density at radius 1 is 0.896 bits per heavy atom. The van der Waals surface area contributed by atoms with Gasteiger partial charge in [-0.05, 0) is 88.7 Å². The standard InChI is InChI=1S/C37H50N6O5/c1-24(38-3)34(45)40-29(23-44)13-7-10-26-17-19-27(20-18-26)22-32(42-35(46)25(2)39-4)37(48)43-21-9-16-33(43)36(47)41-31-15-8-12-28-11-5-6-14-30(28)31/h5-7,10-11,14,17-20,23-25,29,31-33,38-39H,8-9,12-13,15-16,21-22H2,1-4H3,(H,40,45)(H,41,47)(H,42,46)/b10-7+. The van der Waals surface area contributed by atoms with Crippen LogP contribution in [0.3, 0.4) is 0 Å². The molecular weight excluding hydrogens is 608 g/mol. The molecule has 2 aromatic rings. The second kappa shape index (κ2) is 17.7. The summed E-state index contributed by atoms with van der Waals surface area (Å²) >= 11 is 0. The summed E-state index contributed by atoms with van der Waals surface area (Å²) in [5.41, 5.74) is 4.13. The second-order valence-corrected chi connectivity index (χ2v) is 12.8. The van der Waals surface area contributed by atoms with Crippen molar-refractivity contribution < 1.29 is 24.0 Å². The molecule has 0 radical (unpaired) electrons. The largest absolute Gasteiger partial charge is 0.347 e. The molecule has 0 saturated carbocycles. The predicted molar refractivity (Wildman–Crippen MR) is 186 cm³/mol. The molecule has 258 valence electrons. The fourth-order valence-corrected chi connectivity index (χ4v) is 6.24. The zero-order chi connectivity index (χ0) is 34.6. The van der Waals surface area contributed by atoms with E-state index < -0.39 is 30.2 Å². The van der Waals surface area contributed by atoms with E-state index in [0.717, 1.165) is 42.2 Å². The molecule has 0 bridgehead atoms. The lowest BCUT2D eigenvalue weighted by Gasteiger charge is -2.32. The minimum atomic E-state index is -0.851. The Balaban J connectivity index is 1.43. The number of nitrogens with one attached hydrogen (secondary N) is 5. The average Bonchev–Trinajstić information content (AvgIpc) is 3.61. The van der Waals surface area contributed by atoms with Gasteiger partial charge in [0.25, 0.3) is 0 Å². The van der Waals surface area contributed by atoms with Crippen molar-refractivity contribution in [3.63, 3.8) is 0 Å². The molecule has 2 aliphatic rings. The number of aryl methyl sites for hydroxylation is 1. The SMILES string of the molecule is CNC(C)C(=O)NC(C=O)C/C=C/c1ccc(CC(NC(=O)C(C)NC)C(=O)N2CCCC2C(=O)NC2CCCc3ccccc32)cc1. The summed E-state index contributed by atoms with van der Waals surface area (Å²) in [5, 5.41) is 14.6. The van der Waals surface area contributed by atoms with Gasteiger partial charge in [-0.25, -0.2) is 0 Å². The molecular formula is C37H50N6O5. The molecule has 11 nitrogen and oxygen atoms in total. The zero-order valence-electron chi connectivity index (χ0n) is 28.5. The number of hydrogen-bond donors (Lipinski definition) is 5. The molecule has 11 heteroatoms. The zero-order valence-corrected chi connectivity index (χ0v) is 28.5. The molecule has 5 N–H and O–H groups in total. The third kappa shape index (κ3) is 9.60. The number of carbonyl (C=O) groups is 5. The summed E-state index contributed by atoms with van der Waals surface area (Å²) < 4.78 is 0. The number of nitrogens with zero attached hydrogens (tertiary/aromatic N) is 1. The summed E-state index contributed by atoms with van der Waals surface area (Å²) in [6.45, 7) is 3.90. The van der Waals surface area contributed by atoms with E-state index in [9.17, 15) is 24.0 Å². The van der Waals surface area contributed by atoms with Crippen LogP contribution in [-0.4, -0.2) is 85.7 Å². The minimum Gasteiger partial charge on any atom is -0.347 e. The van der Waals surface area contributed by atoms with Gasteiger partial charge in [0.05, 0.1) is 24.2 Å². The molecule has 6 atom stereocenters. The van der Waals surface area contributed by atoms with Gasteiger partial charge in [0.2, 0.25) is 23.6 Å². The maximum Gasteiger partial charge on any atom is 0.246 e. The normalized spacial score (nSPS) is 19.9. The van der Waals surface area contributed by atoms with E-state index in [0.29, 0.717) is 25.8 Å². The number of hydrogen-bond acceptors (Lipinski definition) is 7. The van der Waals surface area contributed by atoms with Crippen molar-refractivity contribution in [2.45, 2.75) is 95.0 Å². The first kappa shape index (κ1) is 36.5. The Bertz CT molecular complexity index is 1460. The average molecular weight is 659 g/mol. The van der Waals surface area contributed by atoms with Gasteiger partial charge in [-0.15, -0.1) is 0 Å². The van der Waals surface area contributed by atoms with Gasteiger partial charge < -0.3 is 36.3 Å². The second-order valence-electron chi connectivity index (χ2n) is 12.8. The number of benzene rings is 2. The van der Waals surface area contributed by atoms with E-state index in [2.05, 4.69) is 38.7 Å². The number of aldehydes is 1. The van der Waals surface area contributed by atoms with Gasteiger partial charge in [-0.2, -0.15) is 0 Å². The number of likely N-dealkylation sites (N-methyl/N-ethyl adjacent to an activating group) is 2. The molecule has 1 aliphatic heterocycles. The highest BCUT2D eigenvalue weighted by molar-refractivity contribution is 5.93. The van der Waals surface area contributed by atoms with Crippen LogP contribution in [-0.2, 0) is 36.8 Å². The topological polar surface area (TPSA) is 149 Å². The van der Waals surface area contributed by atoms with Gasteiger partial charge in [0.1, 0.15) is 18.4 Å². The van der Waals surface area contributed by atoms with Gasteiger partial charge in [0, 0.05) is 13.0 Å². The summed E-state index contributed by atoms with van der Waals surface area (Å²) in [5.74, 6) is -0.967. The van der Waals surface area contributed by atoms with Crippen LogP contribution in [0.1, 0.15) is 74.2 Å². The van der Waals surface area contributed by atoms with E-state index in [-0.39, 0.29) is 36.1 Å². The molecule has 0 spiro atoms. The van der Waals surface area contributed by atoms with E-state index in [1.54, 1.807) is 32.8 Å². The van der Waals surface area contributed by atoms with Crippen molar-refractivity contribution >= 4 is 36.0 Å². The van der Waals surface area contributed by atoms with Crippen LogP contribution in [0.5, 0.6) is 0 Å². The molecule has 48 heavy (non-hydrogen) atoms. The van der Waals surface area contributed by atoms with Crippen molar-refractivity contribution in [3.05, 3.63) is 76.9 Å². The van der Waals surface area contributed by atoms with E-state index in [4.69, 9.17) is 0 Å². The molecule has 4 rings (SSSR count). The lowest BCUT2D eigenvalue weighted by atomic mass is 9.87. The lowest BCUT2D eigenvalue weighted by molar-refractivity contribution is -0.141. The van der Waals surface area contributed by atoms with Crippen LogP contribution in [0, 0.1) is 0 Å². The number of carbonyl (C=O) groups excluding carboxylic acids is 5. The monoisotopic (exact) mass is 658 g/mol. The van der Waals surface area contributed by atoms with E-state index in [1.807, 2.05) is 48.6 Å². The van der Waals surface area contributed by atoms with Crippen LogP contribution in [0.2, 0.25) is 0 Å². The van der Waals surface area contributed by atoms with E-state index in [1.165, 1.54) is 5.56 Å². The van der Waals surface area contributed by atoms with Gasteiger partial charge in [-0.1, -0.05) is 60.7 Å². The Labute approximate surface area is 283 Å². The Hall–Kier alpha value is -4.35. The molecule has 1 aliphatic carbocycles. The van der Waals surface area contributed by atoms with Crippen LogP contribution < -0.4 is 26.6 Å². The number of amides is 4. The highest BCUT2D eigenvalue weighted by Crippen LogP contribution is 2.30. The first-order valence-electron chi connectivity index (χ1n) is 17.0. The third-order valence-corrected chi connectivity index (χ3v) is 9.40. The summed E-state index contributed by atoms with van der Waals surface area (Å²) in [4.78, 5) is 65.9. The third-order valence-electron chi connectivity index (χ3n) is 9.40. The van der Waals surface area contributed by atoms with Crippen LogP contribution >= 0.6 is 0 Å². The van der Waals surface area contributed by atoms with Gasteiger partial charge in [-0.3, -0.25) is 19.2 Å². The molecule has 1 saturated heterocycles. The first-order valence-corrected chi connectivity index (χ1v) is 17.0. The summed E-state index contributed by atoms with van der Waals surface area (Å²) in [6.07, 6.45) is 9.15. The maximum absolute atomic E-state index is 14.1. The fraction of sp³-hybridized carbons (Fsp3) is 0.486. The Kier molecular flexibility index (Phi) is 13.5. The van der Waals surface area contributed by atoms with E-state index >= 15 is 0 Å². The molecule has 1 heterocycles. The van der Waals surface area contributed by atoms with Crippen molar-refractivity contribution in [1.29, 1.82) is 0 Å². The highest BCUT2D eigenvalue weighted by Gasteiger charge is 2.39. The quantitative estimate of drug-likeness (QED) is 0.184. The lowest BCUT2D eigenvalue weighted by Crippen LogP contribution is -2.56. The maximum atomic E-state index is 14.1. The van der Waals surface area contributed by atoms with Gasteiger partial charge in [0.15, 0.2) is 0 Å². The molecule has 4 amide bonds. The number of rotatable bonds is 15. The minimum absolute atomic E-state index is 0.0790. The number of likely N-dealkylation sites (tertiary alicyclic amines) is 1. The number of fused-ring (bicyclic) bond motifs is 1. The van der Waals surface area contributed by atoms with Gasteiger partial charge >= 0.3 is 0 Å². The summed E-state index contributed by atoms with van der Waals surface area (Å²) in [7, 11) is 3.37. The molecule has 0 aromatic heterocycles.